The molecule has 2 aromatic heterocycles. The molecule has 25 heavy (non-hydrogen) atoms. The molecule has 0 atom stereocenters. The van der Waals surface area contributed by atoms with Crippen LogP contribution in [0.15, 0.2) is 59.5 Å². The summed E-state index contributed by atoms with van der Waals surface area (Å²) in [7, 11) is 3.35. The minimum Gasteiger partial charge on any atom is -0.493 e. The van der Waals surface area contributed by atoms with Crippen molar-refractivity contribution < 1.29 is 9.47 Å². The number of aryl methyl sites for hydroxylation is 1. The Morgan fingerprint density at radius 1 is 1.04 bits per heavy atom. The molecule has 0 saturated carbocycles. The van der Waals surface area contributed by atoms with Crippen molar-refractivity contribution in [2.45, 2.75) is 6.61 Å². The third-order valence-corrected chi connectivity index (χ3v) is 4.36. The van der Waals surface area contributed by atoms with Crippen LogP contribution >= 0.6 is 0 Å². The number of hydrogen-bond acceptors (Lipinski definition) is 3. The largest absolute Gasteiger partial charge is 0.493 e. The first-order chi connectivity index (χ1) is 12.2. The first-order valence-corrected chi connectivity index (χ1v) is 8.03. The Labute approximate surface area is 144 Å². The molecule has 0 bridgehead atoms. The summed E-state index contributed by atoms with van der Waals surface area (Å²) in [5.41, 5.74) is 2.46. The molecule has 0 aliphatic heterocycles. The third kappa shape index (κ3) is 2.63. The summed E-state index contributed by atoms with van der Waals surface area (Å²) in [5.74, 6) is 1.28. The van der Waals surface area contributed by atoms with E-state index in [4.69, 9.17) is 9.47 Å². The number of pyridine rings is 1. The van der Waals surface area contributed by atoms with Gasteiger partial charge in [-0.1, -0.05) is 30.3 Å². The van der Waals surface area contributed by atoms with E-state index in [1.807, 2.05) is 48.5 Å². The second-order valence-corrected chi connectivity index (χ2v) is 5.97. The van der Waals surface area contributed by atoms with Crippen LogP contribution < -0.4 is 15.0 Å². The molecule has 2 aromatic carbocycles. The van der Waals surface area contributed by atoms with E-state index in [2.05, 4.69) is 4.98 Å². The zero-order chi connectivity index (χ0) is 17.4. The van der Waals surface area contributed by atoms with Crippen LogP contribution in [-0.4, -0.2) is 16.7 Å². The van der Waals surface area contributed by atoms with Crippen LogP contribution in [0.2, 0.25) is 0 Å². The van der Waals surface area contributed by atoms with Crippen LogP contribution in [-0.2, 0) is 13.7 Å². The summed E-state index contributed by atoms with van der Waals surface area (Å²) in [6.07, 6.45) is 1.77. The summed E-state index contributed by atoms with van der Waals surface area (Å²) >= 11 is 0. The van der Waals surface area contributed by atoms with Gasteiger partial charge in [0.1, 0.15) is 12.1 Å². The lowest BCUT2D eigenvalue weighted by Gasteiger charge is -2.11. The first kappa shape index (κ1) is 15.3. The summed E-state index contributed by atoms with van der Waals surface area (Å²) in [6.45, 7) is 0.449. The molecule has 0 saturated heterocycles. The molecule has 2 heterocycles. The fraction of sp³-hybridized carbons (Fsp3) is 0.150. The third-order valence-electron chi connectivity index (χ3n) is 4.36. The van der Waals surface area contributed by atoms with Crippen LogP contribution in [0.1, 0.15) is 5.56 Å². The average Bonchev–Trinajstić information content (AvgIpc) is 3.01. The normalized spacial score (nSPS) is 11.1. The fourth-order valence-electron chi connectivity index (χ4n) is 3.00. The predicted octanol–water partition coefficient (Wildman–Crippen LogP) is 3.61. The molecule has 5 heteroatoms. The molecule has 126 valence electrons. The van der Waals surface area contributed by atoms with Gasteiger partial charge in [0.25, 0.3) is 5.56 Å². The Hall–Kier alpha value is -3.21. The number of hydrogen-bond donors (Lipinski definition) is 1. The van der Waals surface area contributed by atoms with Gasteiger partial charge in [-0.3, -0.25) is 4.79 Å². The van der Waals surface area contributed by atoms with Crippen LogP contribution in [0, 0.1) is 0 Å². The van der Waals surface area contributed by atoms with E-state index in [1.54, 1.807) is 24.9 Å². The number of nitrogens with one attached hydrogen (secondary N) is 1. The van der Waals surface area contributed by atoms with Gasteiger partial charge in [-0.05, 0) is 17.7 Å². The molecule has 5 nitrogen and oxygen atoms in total. The average molecular weight is 334 g/mol. The van der Waals surface area contributed by atoms with Crippen LogP contribution in [0.5, 0.6) is 11.5 Å². The number of ether oxygens (including phenoxy) is 2. The number of aromatic amines is 1. The topological polar surface area (TPSA) is 56.2 Å². The maximum atomic E-state index is 12.3. The van der Waals surface area contributed by atoms with Gasteiger partial charge < -0.3 is 19.0 Å². The van der Waals surface area contributed by atoms with Crippen molar-refractivity contribution in [3.63, 3.8) is 0 Å². The van der Waals surface area contributed by atoms with Crippen molar-refractivity contribution in [1.82, 2.24) is 9.55 Å². The molecule has 0 radical (unpaired) electrons. The van der Waals surface area contributed by atoms with Gasteiger partial charge in [-0.25, -0.2) is 0 Å². The Balaban J connectivity index is 1.80. The molecular formula is C20H18N2O3. The number of methoxy groups -OCH3 is 1. The molecule has 4 aromatic rings. The van der Waals surface area contributed by atoms with E-state index in [0.29, 0.717) is 23.6 Å². The van der Waals surface area contributed by atoms with Gasteiger partial charge in [0, 0.05) is 30.1 Å². The Bertz CT molecular complexity index is 1110. The zero-order valence-electron chi connectivity index (χ0n) is 14.1. The molecule has 4 rings (SSSR count). The van der Waals surface area contributed by atoms with E-state index in [-0.39, 0.29) is 5.56 Å². The highest BCUT2D eigenvalue weighted by molar-refractivity contribution is 6.07. The Morgan fingerprint density at radius 2 is 1.84 bits per heavy atom. The van der Waals surface area contributed by atoms with Gasteiger partial charge in [0.05, 0.1) is 12.6 Å². The highest BCUT2D eigenvalue weighted by Gasteiger charge is 2.13. The Kier molecular flexibility index (Phi) is 3.69. The van der Waals surface area contributed by atoms with E-state index < -0.39 is 0 Å². The first-order valence-electron chi connectivity index (χ1n) is 8.03. The summed E-state index contributed by atoms with van der Waals surface area (Å²) in [4.78, 5) is 15.5. The minimum atomic E-state index is -0.0561. The van der Waals surface area contributed by atoms with Crippen molar-refractivity contribution in [2.75, 3.05) is 7.11 Å². The van der Waals surface area contributed by atoms with E-state index in [9.17, 15) is 4.79 Å². The maximum absolute atomic E-state index is 12.3. The molecular weight excluding hydrogens is 316 g/mol. The number of nitrogens with zero attached hydrogens (tertiary/aromatic N) is 1. The molecule has 0 aliphatic rings. The molecule has 1 N–H and O–H groups in total. The van der Waals surface area contributed by atoms with E-state index >= 15 is 0 Å². The standard InChI is InChI=1S/C20H18N2O3/c1-22-9-8-14-15-10-17(24-2)18(11-16(15)21-19(14)20(22)23)25-12-13-6-4-3-5-7-13/h3-11,21H,12H2,1-2H3. The minimum absolute atomic E-state index is 0.0561. The van der Waals surface area contributed by atoms with Crippen molar-refractivity contribution >= 4 is 21.8 Å². The number of H-pyrrole nitrogens is 1. The summed E-state index contributed by atoms with van der Waals surface area (Å²) in [5, 5.41) is 1.82. The number of fused-ring (bicyclic) bond motifs is 3. The maximum Gasteiger partial charge on any atom is 0.274 e. The monoisotopic (exact) mass is 334 g/mol. The second-order valence-electron chi connectivity index (χ2n) is 5.97. The second kappa shape index (κ2) is 6.02. The fourth-order valence-corrected chi connectivity index (χ4v) is 3.00. The van der Waals surface area contributed by atoms with Gasteiger partial charge in [0.15, 0.2) is 11.5 Å². The van der Waals surface area contributed by atoms with Gasteiger partial charge in [-0.15, -0.1) is 0 Å². The molecule has 0 spiro atoms. The lowest BCUT2D eigenvalue weighted by Crippen LogP contribution is -2.15. The number of benzene rings is 2. The van der Waals surface area contributed by atoms with Crippen LogP contribution in [0.4, 0.5) is 0 Å². The number of rotatable bonds is 4. The lowest BCUT2D eigenvalue weighted by molar-refractivity contribution is 0.285. The molecule has 0 fully saturated rings. The van der Waals surface area contributed by atoms with Crippen molar-refractivity contribution in [3.8, 4) is 11.5 Å². The predicted molar refractivity (Wildman–Crippen MR) is 98.4 cm³/mol. The Morgan fingerprint density at radius 3 is 2.60 bits per heavy atom. The quantitative estimate of drug-likeness (QED) is 0.620. The highest BCUT2D eigenvalue weighted by atomic mass is 16.5. The zero-order valence-corrected chi connectivity index (χ0v) is 14.1. The smallest absolute Gasteiger partial charge is 0.274 e. The molecule has 0 aliphatic carbocycles. The van der Waals surface area contributed by atoms with Crippen LogP contribution in [0.3, 0.4) is 0 Å². The highest BCUT2D eigenvalue weighted by Crippen LogP contribution is 2.35. The van der Waals surface area contributed by atoms with Crippen molar-refractivity contribution in [1.29, 1.82) is 0 Å². The molecule has 0 unspecified atom stereocenters. The molecule has 0 amide bonds. The van der Waals surface area contributed by atoms with Gasteiger partial charge in [-0.2, -0.15) is 0 Å². The van der Waals surface area contributed by atoms with Crippen LogP contribution in [0.25, 0.3) is 21.8 Å². The summed E-state index contributed by atoms with van der Waals surface area (Å²) in [6, 6.07) is 15.7. The lowest BCUT2D eigenvalue weighted by atomic mass is 10.1. The number of aromatic nitrogens is 2. The van der Waals surface area contributed by atoms with Crippen molar-refractivity contribution in [2.24, 2.45) is 7.05 Å². The van der Waals surface area contributed by atoms with Gasteiger partial charge >= 0.3 is 0 Å². The SMILES string of the molecule is COc1cc2c(cc1OCc1ccccc1)[nH]c1c(=O)n(C)ccc12. The van der Waals surface area contributed by atoms with Crippen molar-refractivity contribution in [3.05, 3.63) is 70.6 Å². The van der Waals surface area contributed by atoms with E-state index in [1.165, 1.54) is 0 Å². The van der Waals surface area contributed by atoms with E-state index in [0.717, 1.165) is 21.9 Å². The van der Waals surface area contributed by atoms with Gasteiger partial charge in [0.2, 0.25) is 0 Å². The summed E-state index contributed by atoms with van der Waals surface area (Å²) < 4.78 is 13.0.